The van der Waals surface area contributed by atoms with Gasteiger partial charge in [0.05, 0.1) is 30.9 Å². The minimum atomic E-state index is -1.01. The van der Waals surface area contributed by atoms with Crippen LogP contribution >= 0.6 is 36.4 Å². The van der Waals surface area contributed by atoms with Crippen LogP contribution in [-0.4, -0.2) is 78.0 Å². The topological polar surface area (TPSA) is 100 Å². The van der Waals surface area contributed by atoms with E-state index < -0.39 is 5.72 Å². The molecular weight excluding hydrogens is 529 g/mol. The van der Waals surface area contributed by atoms with Gasteiger partial charge in [0, 0.05) is 45.3 Å². The molecule has 0 amide bonds. The van der Waals surface area contributed by atoms with Crippen molar-refractivity contribution >= 4 is 54.0 Å². The van der Waals surface area contributed by atoms with Crippen molar-refractivity contribution in [3.05, 3.63) is 40.5 Å². The molecule has 1 aromatic carbocycles. The number of anilines is 2. The molecule has 0 radical (unpaired) electrons. The molecule has 1 unspecified atom stereocenters. The fraction of sp³-hybridized carbons (Fsp3) is 0.542. The highest BCUT2D eigenvalue weighted by Crippen LogP contribution is 2.31. The second kappa shape index (κ2) is 13.6. The van der Waals surface area contributed by atoms with Crippen LogP contribution in [0.4, 0.5) is 11.8 Å². The molecule has 200 valence electrons. The molecule has 2 N–H and O–H groups in total. The molecular formula is C24H34Cl3N5O4. The number of carbonyl (C=O) groups is 1. The summed E-state index contributed by atoms with van der Waals surface area (Å²) in [6.07, 6.45) is 3.43. The number of hydrogen-bond donors (Lipinski definition) is 2. The number of aliphatic hydroxyl groups is 1. The number of methoxy groups -OCH3 is 1. The van der Waals surface area contributed by atoms with Gasteiger partial charge in [-0.05, 0) is 37.5 Å². The summed E-state index contributed by atoms with van der Waals surface area (Å²) in [4.78, 5) is 26.3. The Morgan fingerprint density at radius 2 is 2.03 bits per heavy atom. The van der Waals surface area contributed by atoms with Gasteiger partial charge in [-0.1, -0.05) is 17.7 Å². The van der Waals surface area contributed by atoms with Crippen molar-refractivity contribution in [3.8, 4) is 5.75 Å². The van der Waals surface area contributed by atoms with Gasteiger partial charge in [-0.3, -0.25) is 9.69 Å². The van der Waals surface area contributed by atoms with Crippen LogP contribution in [0.15, 0.2) is 24.4 Å². The Bertz CT molecular complexity index is 1020. The van der Waals surface area contributed by atoms with Crippen LogP contribution < -0.4 is 15.0 Å². The molecule has 3 heterocycles. The Hall–Kier alpha value is -1.88. The van der Waals surface area contributed by atoms with Crippen molar-refractivity contribution in [2.75, 3.05) is 56.7 Å². The van der Waals surface area contributed by atoms with Crippen LogP contribution in [0, 0.1) is 0 Å². The van der Waals surface area contributed by atoms with Crippen molar-refractivity contribution in [3.63, 3.8) is 0 Å². The Kier molecular flexibility index (Phi) is 11.5. The number of halogens is 3. The van der Waals surface area contributed by atoms with Gasteiger partial charge in [0.15, 0.2) is 5.78 Å². The molecule has 4 rings (SSSR count). The lowest BCUT2D eigenvalue weighted by Crippen LogP contribution is -2.42. The highest BCUT2D eigenvalue weighted by molar-refractivity contribution is 6.32. The molecule has 0 bridgehead atoms. The maximum atomic E-state index is 13.1. The van der Waals surface area contributed by atoms with Gasteiger partial charge >= 0.3 is 0 Å². The largest absolute Gasteiger partial charge is 0.495 e. The maximum Gasteiger partial charge on any atom is 0.229 e. The van der Waals surface area contributed by atoms with Gasteiger partial charge in [0.25, 0.3) is 0 Å². The predicted molar refractivity (Wildman–Crippen MR) is 145 cm³/mol. The van der Waals surface area contributed by atoms with Crippen molar-refractivity contribution in [1.29, 1.82) is 0 Å². The number of Topliss-reactive ketones (excluding diaryl/α,β-unsaturated/α-hetero) is 1. The highest BCUT2D eigenvalue weighted by atomic mass is 35.5. The van der Waals surface area contributed by atoms with Gasteiger partial charge in [-0.25, -0.2) is 4.98 Å². The molecule has 2 aromatic rings. The molecule has 1 atom stereocenters. The van der Waals surface area contributed by atoms with Crippen LogP contribution in [0.5, 0.6) is 5.75 Å². The number of ether oxygens (including phenoxy) is 2. The summed E-state index contributed by atoms with van der Waals surface area (Å²) in [5, 5.41) is 14.5. The first-order valence-electron chi connectivity index (χ1n) is 11.6. The Morgan fingerprint density at radius 3 is 2.67 bits per heavy atom. The van der Waals surface area contributed by atoms with E-state index in [9.17, 15) is 9.90 Å². The number of morpholine rings is 1. The molecule has 0 saturated carbocycles. The highest BCUT2D eigenvalue weighted by Gasteiger charge is 2.36. The molecule has 2 saturated heterocycles. The number of rotatable bonds is 9. The second-order valence-electron chi connectivity index (χ2n) is 8.85. The Morgan fingerprint density at radius 1 is 1.28 bits per heavy atom. The van der Waals surface area contributed by atoms with Crippen molar-refractivity contribution in [1.82, 2.24) is 14.9 Å². The van der Waals surface area contributed by atoms with E-state index in [1.807, 2.05) is 12.1 Å². The first kappa shape index (κ1) is 30.3. The van der Waals surface area contributed by atoms with Crippen molar-refractivity contribution in [2.24, 2.45) is 0 Å². The summed E-state index contributed by atoms with van der Waals surface area (Å²) in [7, 11) is 1.57. The molecule has 0 aliphatic carbocycles. The average molecular weight is 563 g/mol. The van der Waals surface area contributed by atoms with Crippen molar-refractivity contribution < 1.29 is 19.4 Å². The predicted octanol–water partition coefficient (Wildman–Crippen LogP) is 3.81. The van der Waals surface area contributed by atoms with E-state index in [-0.39, 0.29) is 30.6 Å². The number of nitrogens with zero attached hydrogens (tertiary/aromatic N) is 4. The van der Waals surface area contributed by atoms with E-state index in [0.717, 1.165) is 25.1 Å². The number of ketones is 1. The Labute approximate surface area is 229 Å². The second-order valence-corrected chi connectivity index (χ2v) is 9.26. The molecule has 12 heteroatoms. The molecule has 36 heavy (non-hydrogen) atoms. The third kappa shape index (κ3) is 7.34. The molecule has 2 aliphatic heterocycles. The standard InChI is InChI=1S/C24H32ClN5O4.2ClH/c1-24(32)7-3-8-30(24)23-27-16-18(20(31)6-9-29-10-12-34-13-11-29)22(28-23)26-15-17-4-5-21(33-2)19(25)14-17;;/h4-5,14,16,32H,3,6-13,15H2,1-2H3,(H,26,27,28);2*1H. The lowest BCUT2D eigenvalue weighted by molar-refractivity contribution is 0.0370. The number of aromatic nitrogens is 2. The zero-order valence-corrected chi connectivity index (χ0v) is 22.9. The third-order valence-electron chi connectivity index (χ3n) is 6.37. The fourth-order valence-corrected chi connectivity index (χ4v) is 4.61. The smallest absolute Gasteiger partial charge is 0.229 e. The summed E-state index contributed by atoms with van der Waals surface area (Å²) in [5.41, 5.74) is 0.351. The number of hydrogen-bond acceptors (Lipinski definition) is 9. The summed E-state index contributed by atoms with van der Waals surface area (Å²) < 4.78 is 10.6. The van der Waals surface area contributed by atoms with E-state index >= 15 is 0 Å². The van der Waals surface area contributed by atoms with Crippen LogP contribution in [0.2, 0.25) is 5.02 Å². The fourth-order valence-electron chi connectivity index (χ4n) is 4.33. The third-order valence-corrected chi connectivity index (χ3v) is 6.66. The molecule has 2 fully saturated rings. The summed E-state index contributed by atoms with van der Waals surface area (Å²) in [6, 6.07) is 5.53. The Balaban J connectivity index is 0.00000228. The van der Waals surface area contributed by atoms with Crippen molar-refractivity contribution in [2.45, 2.75) is 38.5 Å². The van der Waals surface area contributed by atoms with Gasteiger partial charge in [-0.15, -0.1) is 24.8 Å². The SMILES string of the molecule is COc1ccc(CNc2nc(N3CCCC3(C)O)ncc2C(=O)CCN2CCOCC2)cc1Cl.Cl.Cl. The number of carbonyl (C=O) groups excluding carboxylic acids is 1. The molecule has 0 spiro atoms. The van der Waals surface area contributed by atoms with E-state index in [4.69, 9.17) is 21.1 Å². The lowest BCUT2D eigenvalue weighted by atomic mass is 10.1. The summed E-state index contributed by atoms with van der Waals surface area (Å²) in [5.74, 6) is 1.43. The van der Waals surface area contributed by atoms with Crippen LogP contribution in [-0.2, 0) is 11.3 Å². The average Bonchev–Trinajstić information content (AvgIpc) is 3.20. The van der Waals surface area contributed by atoms with Crippen LogP contribution in [0.25, 0.3) is 0 Å². The first-order valence-corrected chi connectivity index (χ1v) is 12.0. The molecule has 9 nitrogen and oxygen atoms in total. The van der Waals surface area contributed by atoms with Gasteiger partial charge in [0.1, 0.15) is 17.3 Å². The maximum absolute atomic E-state index is 13.1. The van der Waals surface area contributed by atoms with Gasteiger partial charge in [-0.2, -0.15) is 4.98 Å². The first-order chi connectivity index (χ1) is 16.4. The minimum Gasteiger partial charge on any atom is -0.495 e. The zero-order chi connectivity index (χ0) is 24.1. The normalized spacial score (nSPS) is 19.8. The quantitative estimate of drug-likeness (QED) is 0.442. The minimum absolute atomic E-state index is 0. The van der Waals surface area contributed by atoms with E-state index in [1.54, 1.807) is 31.2 Å². The van der Waals surface area contributed by atoms with Crippen LogP contribution in [0.1, 0.15) is 42.1 Å². The number of nitrogens with one attached hydrogen (secondary N) is 1. The van der Waals surface area contributed by atoms with E-state index in [1.165, 1.54) is 0 Å². The van der Waals surface area contributed by atoms with Gasteiger partial charge in [0.2, 0.25) is 5.95 Å². The van der Waals surface area contributed by atoms with Crippen LogP contribution in [0.3, 0.4) is 0 Å². The monoisotopic (exact) mass is 561 g/mol. The zero-order valence-electron chi connectivity index (χ0n) is 20.5. The summed E-state index contributed by atoms with van der Waals surface area (Å²) in [6.45, 7) is 6.55. The molecule has 1 aromatic heterocycles. The summed E-state index contributed by atoms with van der Waals surface area (Å²) >= 11 is 6.27. The van der Waals surface area contributed by atoms with E-state index in [2.05, 4.69) is 20.2 Å². The van der Waals surface area contributed by atoms with Gasteiger partial charge < -0.3 is 24.8 Å². The van der Waals surface area contributed by atoms with E-state index in [0.29, 0.717) is 73.8 Å². The molecule has 2 aliphatic rings. The lowest BCUT2D eigenvalue weighted by Gasteiger charge is -2.30. The number of benzene rings is 1.